The fraction of sp³-hybridized carbons (Fsp3) is 0.438. The zero-order valence-electron chi connectivity index (χ0n) is 12.0. The van der Waals surface area contributed by atoms with Gasteiger partial charge in [-0.2, -0.15) is 0 Å². The smallest absolute Gasteiger partial charge is 0.0912 e. The lowest BCUT2D eigenvalue weighted by Crippen LogP contribution is -2.03. The molecular weight excluding hydrogens is 256 g/mol. The lowest BCUT2D eigenvalue weighted by Gasteiger charge is -2.13. The Hall–Kier alpha value is -1.28. The fourth-order valence-corrected chi connectivity index (χ4v) is 2.65. The molecule has 0 unspecified atom stereocenters. The van der Waals surface area contributed by atoms with Crippen molar-refractivity contribution in [2.75, 3.05) is 11.9 Å². The number of aromatic nitrogens is 1. The van der Waals surface area contributed by atoms with Crippen LogP contribution in [0.3, 0.4) is 0 Å². The van der Waals surface area contributed by atoms with Crippen LogP contribution in [0, 0.1) is 12.8 Å². The molecule has 0 spiro atoms. The van der Waals surface area contributed by atoms with E-state index in [4.69, 9.17) is 16.6 Å². The van der Waals surface area contributed by atoms with Gasteiger partial charge in [-0.25, -0.2) is 0 Å². The van der Waals surface area contributed by atoms with Gasteiger partial charge in [0.2, 0.25) is 0 Å². The molecule has 102 valence electrons. The molecule has 0 atom stereocenters. The molecule has 1 N–H and O–H groups in total. The number of hydrogen-bond donors (Lipinski definition) is 1. The first-order chi connectivity index (χ1) is 9.01. The van der Waals surface area contributed by atoms with Crippen molar-refractivity contribution in [3.05, 3.63) is 34.5 Å². The Bertz CT molecular complexity index is 591. The first kappa shape index (κ1) is 14.1. The maximum Gasteiger partial charge on any atom is 0.0912 e. The Morgan fingerprint density at radius 3 is 2.63 bits per heavy atom. The minimum atomic E-state index is 0.587. The number of benzene rings is 1. The average Bonchev–Trinajstić information content (AvgIpc) is 2.30. The van der Waals surface area contributed by atoms with E-state index in [1.54, 1.807) is 0 Å². The number of pyridine rings is 1. The Kier molecular flexibility index (Phi) is 4.31. The molecule has 1 aromatic carbocycles. The van der Waals surface area contributed by atoms with Crippen LogP contribution in [0.5, 0.6) is 0 Å². The van der Waals surface area contributed by atoms with Crippen molar-refractivity contribution in [1.82, 2.24) is 4.98 Å². The quantitative estimate of drug-likeness (QED) is 0.865. The highest BCUT2D eigenvalue weighted by atomic mass is 35.5. The van der Waals surface area contributed by atoms with Crippen molar-refractivity contribution < 1.29 is 0 Å². The summed E-state index contributed by atoms with van der Waals surface area (Å²) in [5.41, 5.74) is 4.30. The summed E-state index contributed by atoms with van der Waals surface area (Å²) < 4.78 is 0. The third kappa shape index (κ3) is 3.19. The summed E-state index contributed by atoms with van der Waals surface area (Å²) in [4.78, 5) is 4.73. The van der Waals surface area contributed by atoms with Crippen molar-refractivity contribution >= 4 is 28.2 Å². The van der Waals surface area contributed by atoms with Crippen LogP contribution in [0.1, 0.15) is 32.0 Å². The number of hydrogen-bond acceptors (Lipinski definition) is 2. The minimum Gasteiger partial charge on any atom is -0.385 e. The van der Waals surface area contributed by atoms with Crippen LogP contribution in [0.2, 0.25) is 5.02 Å². The number of anilines is 1. The predicted octanol–water partition coefficient (Wildman–Crippen LogP) is 4.83. The number of fused-ring (bicyclic) bond motifs is 1. The summed E-state index contributed by atoms with van der Waals surface area (Å²) in [6.07, 6.45) is 0.971. The molecule has 19 heavy (non-hydrogen) atoms. The van der Waals surface area contributed by atoms with Gasteiger partial charge in [-0.3, -0.25) is 4.98 Å². The van der Waals surface area contributed by atoms with Crippen LogP contribution < -0.4 is 5.32 Å². The molecule has 0 fully saturated rings. The van der Waals surface area contributed by atoms with Crippen molar-refractivity contribution in [3.63, 3.8) is 0 Å². The predicted molar refractivity (Wildman–Crippen MR) is 84.2 cm³/mol. The molecule has 0 bridgehead atoms. The van der Waals surface area contributed by atoms with Gasteiger partial charge in [-0.15, -0.1) is 0 Å². The molecule has 2 rings (SSSR count). The van der Waals surface area contributed by atoms with Crippen LogP contribution in [0.4, 0.5) is 5.69 Å². The van der Waals surface area contributed by atoms with Gasteiger partial charge in [-0.05, 0) is 49.9 Å². The summed E-state index contributed by atoms with van der Waals surface area (Å²) >= 11 is 6.35. The molecule has 0 radical (unpaired) electrons. The van der Waals surface area contributed by atoms with Crippen molar-refractivity contribution in [1.29, 1.82) is 0 Å². The highest BCUT2D eigenvalue weighted by molar-refractivity contribution is 6.35. The van der Waals surface area contributed by atoms with Crippen LogP contribution in [-0.2, 0) is 6.42 Å². The van der Waals surface area contributed by atoms with Crippen molar-refractivity contribution in [3.8, 4) is 0 Å². The van der Waals surface area contributed by atoms with Crippen LogP contribution >= 0.6 is 11.6 Å². The SMILES string of the molecule is CCNc1cc(CC(C)C)nc2c(Cl)cc(C)cc12. The number of nitrogens with zero attached hydrogens (tertiary/aromatic N) is 1. The topological polar surface area (TPSA) is 24.9 Å². The van der Waals surface area contributed by atoms with Gasteiger partial charge >= 0.3 is 0 Å². The maximum absolute atomic E-state index is 6.35. The number of rotatable bonds is 4. The molecule has 2 nitrogen and oxygen atoms in total. The first-order valence-corrected chi connectivity index (χ1v) is 7.22. The molecule has 0 saturated heterocycles. The Labute approximate surface area is 120 Å². The molecule has 1 aromatic heterocycles. The zero-order valence-corrected chi connectivity index (χ0v) is 12.8. The van der Waals surface area contributed by atoms with E-state index in [0.717, 1.165) is 45.8 Å². The molecule has 3 heteroatoms. The van der Waals surface area contributed by atoms with Crippen LogP contribution in [0.15, 0.2) is 18.2 Å². The van der Waals surface area contributed by atoms with E-state index in [1.165, 1.54) is 0 Å². The van der Waals surface area contributed by atoms with Crippen molar-refractivity contribution in [2.45, 2.75) is 34.1 Å². The third-order valence-electron chi connectivity index (χ3n) is 3.05. The van der Waals surface area contributed by atoms with E-state index in [9.17, 15) is 0 Å². The molecule has 0 saturated carbocycles. The summed E-state index contributed by atoms with van der Waals surface area (Å²) in [6, 6.07) is 6.28. The van der Waals surface area contributed by atoms with E-state index in [-0.39, 0.29) is 0 Å². The fourth-order valence-electron chi connectivity index (χ4n) is 2.33. The highest BCUT2D eigenvalue weighted by Gasteiger charge is 2.10. The molecule has 0 aliphatic carbocycles. The van der Waals surface area contributed by atoms with Gasteiger partial charge in [-0.1, -0.05) is 25.4 Å². The summed E-state index contributed by atoms with van der Waals surface area (Å²) in [5.74, 6) is 0.587. The average molecular weight is 277 g/mol. The molecule has 0 aliphatic rings. The lowest BCUT2D eigenvalue weighted by molar-refractivity contribution is 0.637. The number of halogens is 1. The Morgan fingerprint density at radius 1 is 1.26 bits per heavy atom. The summed E-state index contributed by atoms with van der Waals surface area (Å²) in [7, 11) is 0. The lowest BCUT2D eigenvalue weighted by atomic mass is 10.0. The van der Waals surface area contributed by atoms with E-state index < -0.39 is 0 Å². The standard InChI is InChI=1S/C16H21ClN2/c1-5-18-15-9-12(6-10(2)3)19-16-13(15)7-11(4)8-14(16)17/h7-10H,5-6H2,1-4H3,(H,18,19). The van der Waals surface area contributed by atoms with E-state index in [0.29, 0.717) is 5.92 Å². The van der Waals surface area contributed by atoms with Gasteiger partial charge in [0.25, 0.3) is 0 Å². The second-order valence-corrected chi connectivity index (χ2v) is 5.84. The van der Waals surface area contributed by atoms with E-state index in [1.807, 2.05) is 6.07 Å². The number of aryl methyl sites for hydroxylation is 1. The summed E-state index contributed by atoms with van der Waals surface area (Å²) in [5, 5.41) is 5.27. The minimum absolute atomic E-state index is 0.587. The maximum atomic E-state index is 6.35. The normalized spacial score (nSPS) is 11.3. The summed E-state index contributed by atoms with van der Waals surface area (Å²) in [6.45, 7) is 9.46. The first-order valence-electron chi connectivity index (χ1n) is 6.85. The molecule has 1 heterocycles. The second kappa shape index (κ2) is 5.79. The second-order valence-electron chi connectivity index (χ2n) is 5.43. The van der Waals surface area contributed by atoms with E-state index >= 15 is 0 Å². The van der Waals surface area contributed by atoms with Crippen molar-refractivity contribution in [2.24, 2.45) is 5.92 Å². The molecular formula is C16H21ClN2. The van der Waals surface area contributed by atoms with Gasteiger partial charge in [0.1, 0.15) is 0 Å². The van der Waals surface area contributed by atoms with Gasteiger partial charge in [0.15, 0.2) is 0 Å². The van der Waals surface area contributed by atoms with Crippen LogP contribution in [-0.4, -0.2) is 11.5 Å². The van der Waals surface area contributed by atoms with Gasteiger partial charge in [0, 0.05) is 23.3 Å². The monoisotopic (exact) mass is 276 g/mol. The van der Waals surface area contributed by atoms with Gasteiger partial charge in [0.05, 0.1) is 10.5 Å². The van der Waals surface area contributed by atoms with E-state index in [2.05, 4.69) is 45.1 Å². The molecule has 2 aromatic rings. The van der Waals surface area contributed by atoms with Crippen LogP contribution in [0.25, 0.3) is 10.9 Å². The number of nitrogens with one attached hydrogen (secondary N) is 1. The molecule has 0 aliphatic heterocycles. The largest absolute Gasteiger partial charge is 0.385 e. The Morgan fingerprint density at radius 2 is 2.00 bits per heavy atom. The zero-order chi connectivity index (χ0) is 14.0. The highest BCUT2D eigenvalue weighted by Crippen LogP contribution is 2.30. The van der Waals surface area contributed by atoms with Gasteiger partial charge < -0.3 is 5.32 Å². The third-order valence-corrected chi connectivity index (χ3v) is 3.34. The molecule has 0 amide bonds. The Balaban J connectivity index is 2.64.